The van der Waals surface area contributed by atoms with E-state index in [-0.39, 0.29) is 0 Å². The van der Waals surface area contributed by atoms with Crippen molar-refractivity contribution in [3.63, 3.8) is 0 Å². The third kappa shape index (κ3) is 3.81. The van der Waals surface area contributed by atoms with Crippen molar-refractivity contribution >= 4 is 40.0 Å². The Morgan fingerprint density at radius 3 is 1.33 bits per heavy atom. The molecule has 0 aromatic heterocycles. The van der Waals surface area contributed by atoms with E-state index in [2.05, 4.69) is 158 Å². The molecule has 0 nitrogen and oxygen atoms in total. The topological polar surface area (TPSA) is 0 Å². The second-order valence-electron chi connectivity index (χ2n) is 15.1. The molecule has 6 aromatic carbocycles. The van der Waals surface area contributed by atoms with Gasteiger partial charge in [0.25, 0.3) is 0 Å². The normalized spacial score (nSPS) is 20.6. The summed E-state index contributed by atoms with van der Waals surface area (Å²) in [7, 11) is -2.18. The second-order valence-corrected chi connectivity index (χ2v) is 31.1. The van der Waals surface area contributed by atoms with E-state index in [1.807, 2.05) is 0 Å². The monoisotopic (exact) mass is 686 g/mol. The zero-order chi connectivity index (χ0) is 31.5. The Labute approximate surface area is 278 Å². The third-order valence-corrected chi connectivity index (χ3v) is 26.6. The Balaban J connectivity index is 1.31. The van der Waals surface area contributed by atoms with Crippen LogP contribution in [0.25, 0.3) is 54.2 Å². The Hall–Kier alpha value is -3.58. The molecule has 6 aromatic rings. The molecule has 0 radical (unpaired) electrons. The van der Waals surface area contributed by atoms with Crippen molar-refractivity contribution in [2.24, 2.45) is 0 Å². The van der Waals surface area contributed by atoms with Crippen LogP contribution >= 0.6 is 0 Å². The van der Waals surface area contributed by atoms with E-state index >= 15 is 0 Å². The van der Waals surface area contributed by atoms with Gasteiger partial charge in [-0.15, -0.1) is 0 Å². The molecule has 3 aliphatic rings. The summed E-state index contributed by atoms with van der Waals surface area (Å²) in [4.78, 5) is 0. The summed E-state index contributed by atoms with van der Waals surface area (Å²) < 4.78 is 6.70. The fourth-order valence-electron chi connectivity index (χ4n) is 10.3. The van der Waals surface area contributed by atoms with Crippen molar-refractivity contribution in [1.29, 1.82) is 0 Å². The Kier molecular flexibility index (Phi) is 6.20. The maximum absolute atomic E-state index is 2.98. The second kappa shape index (κ2) is 9.96. The summed E-state index contributed by atoms with van der Waals surface area (Å²) in [6.45, 7) is 10.4. The van der Waals surface area contributed by atoms with Gasteiger partial charge in [0.15, 0.2) is 0 Å². The van der Waals surface area contributed by atoms with Crippen LogP contribution in [0.1, 0.15) is 43.4 Å². The summed E-state index contributed by atoms with van der Waals surface area (Å²) in [5, 5.41) is 8.70. The van der Waals surface area contributed by atoms with Crippen molar-refractivity contribution in [3.8, 4) is 22.3 Å². The summed E-state index contributed by atoms with van der Waals surface area (Å²) in [5.74, 6) is 0. The van der Waals surface area contributed by atoms with E-state index in [9.17, 15) is 0 Å². The fraction of sp³-hybridized carbons (Fsp3) is 0.182. The minimum atomic E-state index is -2.98. The molecule has 224 valence electrons. The van der Waals surface area contributed by atoms with Gasteiger partial charge >= 0.3 is 281 Å². The van der Waals surface area contributed by atoms with Crippen LogP contribution in [0.4, 0.5) is 0 Å². The van der Waals surface area contributed by atoms with Crippen LogP contribution in [0.5, 0.6) is 0 Å². The van der Waals surface area contributed by atoms with Crippen LogP contribution in [0.2, 0.25) is 22.4 Å². The van der Waals surface area contributed by atoms with Gasteiger partial charge in [0, 0.05) is 0 Å². The van der Waals surface area contributed by atoms with Gasteiger partial charge in [-0.05, 0) is 0 Å². The number of hydrogen-bond donors (Lipinski definition) is 0. The van der Waals surface area contributed by atoms with E-state index in [1.54, 1.807) is 43.8 Å². The molecule has 4 bridgehead atoms. The van der Waals surface area contributed by atoms with Gasteiger partial charge in [0.1, 0.15) is 0 Å². The average molecular weight is 688 g/mol. The fourth-order valence-corrected chi connectivity index (χ4v) is 27.5. The van der Waals surface area contributed by atoms with Crippen LogP contribution in [-0.2, 0) is 20.3 Å². The summed E-state index contributed by atoms with van der Waals surface area (Å²) in [6, 6.07) is 46.4. The number of benzene rings is 6. The Morgan fingerprint density at radius 1 is 0.478 bits per heavy atom. The van der Waals surface area contributed by atoms with Gasteiger partial charge in [-0.2, -0.15) is 0 Å². The predicted molar refractivity (Wildman–Crippen MR) is 199 cm³/mol. The first-order valence-corrected chi connectivity index (χ1v) is 27.6. The van der Waals surface area contributed by atoms with Gasteiger partial charge in [0.2, 0.25) is 0 Å². The predicted octanol–water partition coefficient (Wildman–Crippen LogP) is 12.7. The summed E-state index contributed by atoms with van der Waals surface area (Å²) in [5.41, 5.74) is 15.4. The minimum absolute atomic E-state index is 0.586. The van der Waals surface area contributed by atoms with Crippen LogP contribution in [0.3, 0.4) is 0 Å². The third-order valence-electron chi connectivity index (χ3n) is 11.8. The Morgan fingerprint density at radius 2 is 0.891 bits per heavy atom. The van der Waals surface area contributed by atoms with Gasteiger partial charge in [-0.3, -0.25) is 0 Å². The summed E-state index contributed by atoms with van der Waals surface area (Å²) in [6.07, 6.45) is 0. The van der Waals surface area contributed by atoms with E-state index in [1.165, 1.54) is 43.8 Å². The molecule has 2 aliphatic carbocycles. The van der Waals surface area contributed by atoms with Crippen LogP contribution < -0.4 is 0 Å². The first kappa shape index (κ1) is 28.6. The van der Waals surface area contributed by atoms with Crippen molar-refractivity contribution < 1.29 is 20.3 Å². The van der Waals surface area contributed by atoms with E-state index < -0.39 is 28.3 Å². The Bertz CT molecular complexity index is 2190. The standard InChI is InChI=1S/C42H34Si.2CH3.Zr/c1-27-23-35-15-9-17-37(33-21-19-29-11-5-7-13-31(29)25-33)39(35)41(27)43(3,4)42-28(2)24-36-16-10-18-38(40(36)42)34-22-20-30-12-6-8-14-32(30)26-34;;;/h5-26H,1-4H3;2*1H3;. The zero-order valence-corrected chi connectivity index (χ0v) is 31.2. The van der Waals surface area contributed by atoms with Gasteiger partial charge in [-0.25, -0.2) is 0 Å². The molecule has 2 unspecified atom stereocenters. The average Bonchev–Trinajstić information content (AvgIpc) is 3.56. The molecule has 9 rings (SSSR count). The molecule has 46 heavy (non-hydrogen) atoms. The molecule has 1 aliphatic heterocycles. The molecular formula is C44H40SiZr. The van der Waals surface area contributed by atoms with Crippen molar-refractivity contribution in [1.82, 2.24) is 0 Å². The van der Waals surface area contributed by atoms with E-state index in [0.29, 0.717) is 7.25 Å². The van der Waals surface area contributed by atoms with Gasteiger partial charge in [0.05, 0.1) is 0 Å². The number of hydrogen-bond acceptors (Lipinski definition) is 0. The molecular weight excluding hydrogens is 648 g/mol. The van der Waals surface area contributed by atoms with Crippen LogP contribution in [-0.4, -0.2) is 8.07 Å². The molecule has 0 amide bonds. The first-order valence-electron chi connectivity index (χ1n) is 16.9. The van der Waals surface area contributed by atoms with Crippen LogP contribution in [0, 0.1) is 0 Å². The van der Waals surface area contributed by atoms with E-state index in [4.69, 9.17) is 0 Å². The van der Waals surface area contributed by atoms with Crippen molar-refractivity contribution in [2.75, 3.05) is 0 Å². The molecule has 2 heteroatoms. The number of fused-ring (bicyclic) bond motifs is 10. The summed E-state index contributed by atoms with van der Waals surface area (Å²) >= 11 is -2.98. The maximum atomic E-state index is 2.77. The zero-order valence-electron chi connectivity index (χ0n) is 27.7. The van der Waals surface area contributed by atoms with Crippen molar-refractivity contribution in [3.05, 3.63) is 155 Å². The molecule has 2 atom stereocenters. The molecule has 0 fully saturated rings. The van der Waals surface area contributed by atoms with Crippen molar-refractivity contribution in [2.45, 2.75) is 43.5 Å². The molecule has 0 spiro atoms. The van der Waals surface area contributed by atoms with Gasteiger partial charge in [-0.1, -0.05) is 0 Å². The molecule has 0 saturated heterocycles. The van der Waals surface area contributed by atoms with Gasteiger partial charge < -0.3 is 0 Å². The van der Waals surface area contributed by atoms with Crippen LogP contribution in [0.15, 0.2) is 132 Å². The quantitative estimate of drug-likeness (QED) is 0.159. The number of allylic oxidation sites excluding steroid dienone is 2. The number of rotatable bonds is 2. The molecule has 0 saturated carbocycles. The molecule has 1 heterocycles. The SMILES string of the molecule is CC1=C2c3c(-c4ccc5ccccc5c4)cccc3[CH]1[Zr]([CH3])([CH3])[CH]1C(C)=C(c3c(-c4ccc5ccccc5c4)cccc31)[Si]2(C)C. The van der Waals surface area contributed by atoms with E-state index in [0.717, 1.165) is 0 Å². The first-order chi connectivity index (χ1) is 22.2. The molecule has 0 N–H and O–H groups in total.